The number of benzene rings is 2. The Hall–Kier alpha value is -3.77. The molecule has 2 atom stereocenters. The third-order valence-electron chi connectivity index (χ3n) is 7.83. The minimum atomic E-state index is -3.15. The van der Waals surface area contributed by atoms with Crippen LogP contribution in [0.1, 0.15) is 36.2 Å². The number of amides is 1. The van der Waals surface area contributed by atoms with E-state index >= 15 is 8.78 Å². The number of hydrogen-bond acceptors (Lipinski definition) is 6. The molecular weight excluding hydrogens is 557 g/mol. The molecule has 1 aromatic heterocycles. The van der Waals surface area contributed by atoms with Gasteiger partial charge in [-0.15, -0.1) is 0 Å². The van der Waals surface area contributed by atoms with Gasteiger partial charge in [0.2, 0.25) is 0 Å². The average Bonchev–Trinajstić information content (AvgIpc) is 2.96. The minimum Gasteiger partial charge on any atom is -0.375 e. The van der Waals surface area contributed by atoms with E-state index in [0.29, 0.717) is 51.2 Å². The average molecular weight is 590 g/mol. The van der Waals surface area contributed by atoms with Crippen molar-refractivity contribution in [3.8, 4) is 11.1 Å². The van der Waals surface area contributed by atoms with Gasteiger partial charge in [-0.2, -0.15) is 0 Å². The normalized spacial score (nSPS) is 19.8. The van der Waals surface area contributed by atoms with Crippen molar-refractivity contribution >= 4 is 23.1 Å². The van der Waals surface area contributed by atoms with Gasteiger partial charge in [0.1, 0.15) is 23.1 Å². The number of anilines is 3. The predicted octanol–water partition coefficient (Wildman–Crippen LogP) is 5.72. The fourth-order valence-electron chi connectivity index (χ4n) is 5.36. The second-order valence-corrected chi connectivity index (χ2v) is 10.7. The van der Waals surface area contributed by atoms with Gasteiger partial charge in [0.15, 0.2) is 5.82 Å². The van der Waals surface area contributed by atoms with E-state index in [1.807, 2.05) is 25.8 Å². The fourth-order valence-corrected chi connectivity index (χ4v) is 5.36. The summed E-state index contributed by atoms with van der Waals surface area (Å²) in [6.07, 6.45) is -1.78. The van der Waals surface area contributed by atoms with Crippen LogP contribution >= 0.6 is 0 Å². The Bertz CT molecular complexity index is 1450. The molecule has 2 fully saturated rings. The predicted molar refractivity (Wildman–Crippen MR) is 151 cm³/mol. The van der Waals surface area contributed by atoms with Crippen molar-refractivity contribution in [3.05, 3.63) is 71.2 Å². The van der Waals surface area contributed by atoms with Crippen LogP contribution in [0.5, 0.6) is 0 Å². The number of nitrogens with one attached hydrogen (secondary N) is 1. The summed E-state index contributed by atoms with van der Waals surface area (Å²) in [6.45, 7) is 7.09. The zero-order valence-corrected chi connectivity index (χ0v) is 23.5. The fraction of sp³-hybridized carbons (Fsp3) is 0.400. The summed E-state index contributed by atoms with van der Waals surface area (Å²) in [5, 5.41) is 2.40. The number of aromatic nitrogens is 1. The smallest absolute Gasteiger partial charge is 0.264 e. The highest BCUT2D eigenvalue weighted by molar-refractivity contribution is 6.07. The number of likely N-dealkylation sites (N-methyl/N-ethyl adjacent to an activating group) is 1. The van der Waals surface area contributed by atoms with Crippen molar-refractivity contribution in [2.45, 2.75) is 32.4 Å². The third-order valence-corrected chi connectivity index (χ3v) is 7.83. The molecule has 0 spiro atoms. The van der Waals surface area contributed by atoms with E-state index in [1.165, 1.54) is 6.20 Å². The maximum atomic E-state index is 16.4. The lowest BCUT2D eigenvalue weighted by Crippen LogP contribution is -2.50. The van der Waals surface area contributed by atoms with Crippen molar-refractivity contribution in [1.29, 1.82) is 0 Å². The highest BCUT2D eigenvalue weighted by Crippen LogP contribution is 2.39. The van der Waals surface area contributed by atoms with Crippen LogP contribution in [0, 0.1) is 17.5 Å². The topological polar surface area (TPSA) is 60.9 Å². The quantitative estimate of drug-likeness (QED) is 0.371. The Balaban J connectivity index is 1.55. The number of carbonyl (C=O) groups excluding carboxylic acids is 1. The van der Waals surface area contributed by atoms with Gasteiger partial charge < -0.3 is 24.8 Å². The number of hydrogen-bond donors (Lipinski definition) is 1. The lowest BCUT2D eigenvalue weighted by atomic mass is 10.0. The number of ether oxygens (including phenoxy) is 1. The molecule has 1 amide bonds. The zero-order chi connectivity index (χ0) is 30.1. The van der Waals surface area contributed by atoms with Crippen LogP contribution in [0.2, 0.25) is 0 Å². The van der Waals surface area contributed by atoms with Crippen molar-refractivity contribution in [3.63, 3.8) is 0 Å². The van der Waals surface area contributed by atoms with Crippen LogP contribution in [-0.4, -0.2) is 74.3 Å². The molecule has 3 aromatic rings. The van der Waals surface area contributed by atoms with Crippen molar-refractivity contribution in [2.75, 3.05) is 61.5 Å². The van der Waals surface area contributed by atoms with E-state index < -0.39 is 46.5 Å². The maximum absolute atomic E-state index is 16.4. The minimum absolute atomic E-state index is 0.0119. The summed E-state index contributed by atoms with van der Waals surface area (Å²) in [4.78, 5) is 23.5. The van der Waals surface area contributed by atoms with Gasteiger partial charge >= 0.3 is 0 Å². The number of halogens is 5. The summed E-state index contributed by atoms with van der Waals surface area (Å²) in [7, 11) is 1.93. The molecule has 2 saturated heterocycles. The number of carbonyl (C=O) groups is 1. The number of piperazine rings is 1. The van der Waals surface area contributed by atoms with Gasteiger partial charge in [-0.25, -0.2) is 26.9 Å². The first-order chi connectivity index (χ1) is 20.0. The number of nitrogens with zero attached hydrogens (tertiary/aromatic N) is 4. The molecule has 0 saturated carbocycles. The first-order valence-electron chi connectivity index (χ1n) is 13.7. The van der Waals surface area contributed by atoms with Gasteiger partial charge in [-0.05, 0) is 51.2 Å². The Morgan fingerprint density at radius 3 is 2.48 bits per heavy atom. The van der Waals surface area contributed by atoms with Crippen LogP contribution in [0.3, 0.4) is 0 Å². The molecule has 5 rings (SSSR count). The standard InChI is InChI=1S/C30H32F5N5O2/c1-17-15-39(9-8-38(17)3)24-13-23(32)26(19-4-7-25(36-14-19)40-10-11-42-18(2)16-40)27(33)28(24)37-30(41)21-6-5-20(31)12-22(21)29(34)35/h4-7,12-14,17-18,29H,8-11,15-16H2,1-3H3,(H,37,41)/t17-,18+/m0/s1. The van der Waals surface area contributed by atoms with Crippen molar-refractivity contribution < 1.29 is 31.5 Å². The Labute approximate surface area is 240 Å². The molecular formula is C30H32F5N5O2. The highest BCUT2D eigenvalue weighted by Gasteiger charge is 2.30. The summed E-state index contributed by atoms with van der Waals surface area (Å²) in [5.41, 5.74) is -1.90. The van der Waals surface area contributed by atoms with Crippen molar-refractivity contribution in [1.82, 2.24) is 9.88 Å². The molecule has 3 heterocycles. The second kappa shape index (κ2) is 12.2. The van der Waals surface area contributed by atoms with E-state index in [4.69, 9.17) is 4.74 Å². The molecule has 7 nitrogen and oxygen atoms in total. The molecule has 12 heteroatoms. The SMILES string of the molecule is C[C@@H]1CN(c2ccc(-c3c(F)cc(N4CCN(C)[C@@H](C)C4)c(NC(=O)c4ccc(F)cc4C(F)F)c3F)cn2)CCO1. The van der Waals surface area contributed by atoms with Crippen LogP contribution < -0.4 is 15.1 Å². The van der Waals surface area contributed by atoms with Gasteiger partial charge in [-0.1, -0.05) is 0 Å². The third kappa shape index (κ3) is 6.05. The van der Waals surface area contributed by atoms with Crippen LogP contribution in [0.15, 0.2) is 42.6 Å². The lowest BCUT2D eigenvalue weighted by molar-refractivity contribution is 0.0529. The van der Waals surface area contributed by atoms with Crippen LogP contribution in [0.4, 0.5) is 39.1 Å². The molecule has 2 aliphatic rings. The Morgan fingerprint density at radius 2 is 1.81 bits per heavy atom. The second-order valence-electron chi connectivity index (χ2n) is 10.7. The van der Waals surface area contributed by atoms with E-state index in [0.717, 1.165) is 18.2 Å². The molecule has 42 heavy (non-hydrogen) atoms. The molecule has 0 unspecified atom stereocenters. The number of rotatable bonds is 6. The largest absolute Gasteiger partial charge is 0.375 e. The monoisotopic (exact) mass is 589 g/mol. The summed E-state index contributed by atoms with van der Waals surface area (Å²) in [6, 6.07) is 6.74. The lowest BCUT2D eigenvalue weighted by Gasteiger charge is -2.39. The molecule has 0 radical (unpaired) electrons. The maximum Gasteiger partial charge on any atom is 0.264 e. The number of alkyl halides is 2. The van der Waals surface area contributed by atoms with Gasteiger partial charge in [0.05, 0.1) is 24.0 Å². The molecule has 0 bridgehead atoms. The summed E-state index contributed by atoms with van der Waals surface area (Å²) >= 11 is 0. The number of pyridine rings is 1. The van der Waals surface area contributed by atoms with E-state index in [2.05, 4.69) is 15.2 Å². The van der Waals surface area contributed by atoms with Gasteiger partial charge in [-0.3, -0.25) is 4.79 Å². The van der Waals surface area contributed by atoms with E-state index in [9.17, 15) is 18.0 Å². The van der Waals surface area contributed by atoms with Gasteiger partial charge in [0, 0.05) is 67.7 Å². The summed E-state index contributed by atoms with van der Waals surface area (Å²) < 4.78 is 78.6. The summed E-state index contributed by atoms with van der Waals surface area (Å²) in [5.74, 6) is -3.31. The van der Waals surface area contributed by atoms with E-state index in [-0.39, 0.29) is 29.1 Å². The first kappa shape index (κ1) is 29.7. The molecule has 2 aromatic carbocycles. The zero-order valence-electron chi connectivity index (χ0n) is 23.5. The van der Waals surface area contributed by atoms with E-state index in [1.54, 1.807) is 17.0 Å². The van der Waals surface area contributed by atoms with Crippen LogP contribution in [-0.2, 0) is 4.74 Å². The Kier molecular flexibility index (Phi) is 8.65. The molecule has 1 N–H and O–H groups in total. The Morgan fingerprint density at radius 1 is 1.02 bits per heavy atom. The number of morpholine rings is 1. The molecule has 0 aliphatic carbocycles. The van der Waals surface area contributed by atoms with Gasteiger partial charge in [0.25, 0.3) is 12.3 Å². The first-order valence-corrected chi connectivity index (χ1v) is 13.7. The molecule has 2 aliphatic heterocycles. The van der Waals surface area contributed by atoms with Crippen molar-refractivity contribution in [2.24, 2.45) is 0 Å². The van der Waals surface area contributed by atoms with Crippen LogP contribution in [0.25, 0.3) is 11.1 Å². The highest BCUT2D eigenvalue weighted by atomic mass is 19.3. The molecule has 224 valence electrons.